The van der Waals surface area contributed by atoms with Crippen molar-refractivity contribution in [3.05, 3.63) is 0 Å². The molecule has 6 heteroatoms. The van der Waals surface area contributed by atoms with Crippen molar-refractivity contribution in [3.8, 4) is 0 Å². The summed E-state index contributed by atoms with van der Waals surface area (Å²) in [6, 6.07) is 0. The zero-order chi connectivity index (χ0) is 23.3. The Balaban J connectivity index is 1.44. The number of carboxylic acid groups (broad SMARTS) is 1. The lowest BCUT2D eigenvalue weighted by Gasteiger charge is -2.62. The van der Waals surface area contributed by atoms with Gasteiger partial charge in [0.25, 0.3) is 0 Å². The summed E-state index contributed by atoms with van der Waals surface area (Å²) in [5.41, 5.74) is 0.451. The molecular weight excluding hydrogens is 406 g/mol. The average molecular weight is 450 g/mol. The largest absolute Gasteiger partial charge is 0.480 e. The van der Waals surface area contributed by atoms with Gasteiger partial charge in [-0.05, 0) is 104 Å². The van der Waals surface area contributed by atoms with Crippen LogP contribution in [0, 0.1) is 46.3 Å². The van der Waals surface area contributed by atoms with E-state index in [0.717, 1.165) is 44.9 Å². The van der Waals surface area contributed by atoms with Gasteiger partial charge in [-0.25, -0.2) is 0 Å². The monoisotopic (exact) mass is 449 g/mol. The van der Waals surface area contributed by atoms with Gasteiger partial charge in [-0.3, -0.25) is 9.59 Å². The predicted molar refractivity (Wildman–Crippen MR) is 122 cm³/mol. The molecule has 0 heterocycles. The van der Waals surface area contributed by atoms with Crippen molar-refractivity contribution in [1.82, 2.24) is 5.32 Å². The molecule has 2 unspecified atom stereocenters. The fraction of sp³-hybridized carbons (Fsp3) is 0.923. The van der Waals surface area contributed by atoms with Crippen LogP contribution in [-0.2, 0) is 9.59 Å². The van der Waals surface area contributed by atoms with E-state index >= 15 is 0 Å². The fourth-order valence-electron chi connectivity index (χ4n) is 9.00. The van der Waals surface area contributed by atoms with E-state index in [2.05, 4.69) is 26.1 Å². The molecule has 4 aliphatic carbocycles. The van der Waals surface area contributed by atoms with E-state index in [4.69, 9.17) is 5.11 Å². The van der Waals surface area contributed by atoms with Gasteiger partial charge in [-0.15, -0.1) is 0 Å². The summed E-state index contributed by atoms with van der Waals surface area (Å²) in [6.07, 6.45) is 9.06. The van der Waals surface area contributed by atoms with Gasteiger partial charge in [0.2, 0.25) is 5.91 Å². The first-order valence-electron chi connectivity index (χ1n) is 12.9. The van der Waals surface area contributed by atoms with Gasteiger partial charge in [0.1, 0.15) is 6.54 Å². The molecule has 4 aliphatic rings. The first-order chi connectivity index (χ1) is 15.1. The van der Waals surface area contributed by atoms with Crippen molar-refractivity contribution in [3.63, 3.8) is 0 Å². The third-order valence-corrected chi connectivity index (χ3v) is 10.7. The molecule has 0 aliphatic heterocycles. The molecule has 10 atom stereocenters. The maximum Gasteiger partial charge on any atom is 0.322 e. The number of nitrogens with one attached hydrogen (secondary N) is 1. The van der Waals surface area contributed by atoms with Crippen LogP contribution in [-0.4, -0.2) is 45.9 Å². The summed E-state index contributed by atoms with van der Waals surface area (Å²) >= 11 is 0. The minimum atomic E-state index is -1.01. The standard InChI is InChI=1S/C26H43NO5/c1-15(4-7-22(30)27-14-23(31)32)18-5-6-19-24-20(9-11-26(18,19)3)25(2)10-8-17(28)12-16(25)13-21(24)29/h15-21,24,28-29H,4-14H2,1-3H3,(H,27,30)(H,31,32)/t15-,16+,17-,18-,19+,20?,21-,24+,25?,26-/m1/s1. The Morgan fingerprint density at radius 2 is 1.69 bits per heavy atom. The first-order valence-corrected chi connectivity index (χ1v) is 12.9. The molecule has 182 valence electrons. The molecule has 6 nitrogen and oxygen atoms in total. The number of aliphatic carboxylic acids is 1. The van der Waals surface area contributed by atoms with Crippen molar-refractivity contribution in [2.75, 3.05) is 6.54 Å². The van der Waals surface area contributed by atoms with Crippen molar-refractivity contribution in [1.29, 1.82) is 0 Å². The number of hydrogen-bond donors (Lipinski definition) is 4. The number of carbonyl (C=O) groups is 2. The van der Waals surface area contributed by atoms with Crippen LogP contribution in [0.2, 0.25) is 0 Å². The van der Waals surface area contributed by atoms with Crippen molar-refractivity contribution >= 4 is 11.9 Å². The highest BCUT2D eigenvalue weighted by molar-refractivity contribution is 5.81. The van der Waals surface area contributed by atoms with Gasteiger partial charge in [-0.2, -0.15) is 0 Å². The normalized spacial score (nSPS) is 46.5. The van der Waals surface area contributed by atoms with Crippen molar-refractivity contribution in [2.45, 2.75) is 97.2 Å². The highest BCUT2D eigenvalue weighted by atomic mass is 16.4. The molecular formula is C26H43NO5. The Kier molecular flexibility index (Phi) is 6.68. The number of hydrogen-bond acceptors (Lipinski definition) is 4. The average Bonchev–Trinajstić information content (AvgIpc) is 3.09. The summed E-state index contributed by atoms with van der Waals surface area (Å²) in [6.45, 7) is 6.83. The maximum absolute atomic E-state index is 12.0. The second kappa shape index (κ2) is 8.90. The highest BCUT2D eigenvalue weighted by Crippen LogP contribution is 2.68. The van der Waals surface area contributed by atoms with Crippen LogP contribution < -0.4 is 5.32 Å². The number of aliphatic hydroxyl groups excluding tert-OH is 2. The van der Waals surface area contributed by atoms with E-state index in [1.165, 1.54) is 12.8 Å². The van der Waals surface area contributed by atoms with E-state index in [1.54, 1.807) is 0 Å². The van der Waals surface area contributed by atoms with Crippen LogP contribution in [0.25, 0.3) is 0 Å². The zero-order valence-corrected chi connectivity index (χ0v) is 20.1. The Bertz CT molecular complexity index is 727. The molecule has 0 radical (unpaired) electrons. The maximum atomic E-state index is 12.0. The van der Waals surface area contributed by atoms with Gasteiger partial charge < -0.3 is 20.6 Å². The molecule has 0 bridgehead atoms. The van der Waals surface area contributed by atoms with Crippen LogP contribution >= 0.6 is 0 Å². The SMILES string of the molecule is C[C@H](CCC(=O)NCC(=O)O)[C@H]1CC[C@H]2[C@H]3C(CC[C@]12C)C1(C)CC[C@@H](O)C[C@H]1C[C@H]3O. The smallest absolute Gasteiger partial charge is 0.322 e. The Morgan fingerprint density at radius 1 is 1.00 bits per heavy atom. The van der Waals surface area contributed by atoms with Crippen LogP contribution in [0.1, 0.15) is 85.0 Å². The lowest BCUT2D eigenvalue weighted by Crippen LogP contribution is -2.58. The lowest BCUT2D eigenvalue weighted by atomic mass is 9.43. The summed E-state index contributed by atoms with van der Waals surface area (Å²) in [4.78, 5) is 22.7. The molecule has 0 aromatic rings. The third-order valence-electron chi connectivity index (χ3n) is 10.7. The Hall–Kier alpha value is -1.14. The number of rotatable bonds is 6. The Labute approximate surface area is 192 Å². The predicted octanol–water partition coefficient (Wildman–Crippen LogP) is 3.59. The first kappa shape index (κ1) is 24.0. The number of amides is 1. The van der Waals surface area contributed by atoms with E-state index in [0.29, 0.717) is 41.9 Å². The molecule has 4 saturated carbocycles. The van der Waals surface area contributed by atoms with Crippen molar-refractivity contribution in [2.24, 2.45) is 46.3 Å². The van der Waals surface area contributed by atoms with Crippen molar-refractivity contribution < 1.29 is 24.9 Å². The summed E-state index contributed by atoms with van der Waals surface area (Å²) < 4.78 is 0. The molecule has 0 aromatic heterocycles. The molecule has 1 amide bonds. The van der Waals surface area contributed by atoms with Gasteiger partial charge in [0.05, 0.1) is 12.2 Å². The quantitative estimate of drug-likeness (QED) is 0.496. The third kappa shape index (κ3) is 4.11. The number of carbonyl (C=O) groups excluding carboxylic acids is 1. The minimum Gasteiger partial charge on any atom is -0.480 e. The molecule has 0 aromatic carbocycles. The van der Waals surface area contributed by atoms with Gasteiger partial charge in [0, 0.05) is 6.42 Å². The van der Waals surface area contributed by atoms with Crippen LogP contribution in [0.15, 0.2) is 0 Å². The van der Waals surface area contributed by atoms with Gasteiger partial charge >= 0.3 is 5.97 Å². The molecule has 32 heavy (non-hydrogen) atoms. The molecule has 4 fully saturated rings. The van der Waals surface area contributed by atoms with E-state index in [9.17, 15) is 19.8 Å². The molecule has 0 saturated heterocycles. The number of fused-ring (bicyclic) bond motifs is 5. The van der Waals surface area contributed by atoms with Crippen LogP contribution in [0.5, 0.6) is 0 Å². The summed E-state index contributed by atoms with van der Waals surface area (Å²) in [5.74, 6) is 1.66. The summed E-state index contributed by atoms with van der Waals surface area (Å²) in [7, 11) is 0. The van der Waals surface area contributed by atoms with Gasteiger partial charge in [0.15, 0.2) is 0 Å². The minimum absolute atomic E-state index is 0.177. The number of aliphatic hydroxyl groups is 2. The van der Waals surface area contributed by atoms with Crippen LogP contribution in [0.4, 0.5) is 0 Å². The second-order valence-corrected chi connectivity index (χ2v) is 12.1. The summed E-state index contributed by atoms with van der Waals surface area (Å²) in [5, 5.41) is 32.8. The Morgan fingerprint density at radius 3 is 2.41 bits per heavy atom. The van der Waals surface area contributed by atoms with E-state index in [1.807, 2.05) is 0 Å². The number of carboxylic acids is 1. The highest BCUT2D eigenvalue weighted by Gasteiger charge is 2.62. The molecule has 4 rings (SSSR count). The lowest BCUT2D eigenvalue weighted by molar-refractivity contribution is -0.174. The van der Waals surface area contributed by atoms with Crippen LogP contribution in [0.3, 0.4) is 0 Å². The van der Waals surface area contributed by atoms with E-state index < -0.39 is 5.97 Å². The molecule has 0 spiro atoms. The fourth-order valence-corrected chi connectivity index (χ4v) is 9.00. The second-order valence-electron chi connectivity index (χ2n) is 12.1. The van der Waals surface area contributed by atoms with Gasteiger partial charge in [-0.1, -0.05) is 20.8 Å². The van der Waals surface area contributed by atoms with E-state index in [-0.39, 0.29) is 35.5 Å². The topological polar surface area (TPSA) is 107 Å². The molecule has 4 N–H and O–H groups in total. The zero-order valence-electron chi connectivity index (χ0n) is 20.1.